The number of aromatic nitrogens is 2. The Morgan fingerprint density at radius 3 is 2.53 bits per heavy atom. The minimum atomic E-state index is -4.53. The predicted molar refractivity (Wildman–Crippen MR) is 112 cm³/mol. The number of carbonyl (C=O) groups excluding carboxylic acids is 2. The standard InChI is InChI=1S/C21H18ClF3N4O3/c1-26-18(30)13-6-14(9-27-8-13)19(31)29-16-7-17(12-2-4-15(22)5-3-12)20(28-10-16)32-11-21(23,24)25/h2,4-10,12H,3,11H2,1H3,(H,26,30)(H,29,31). The van der Waals surface area contributed by atoms with Crippen LogP contribution in [-0.4, -0.2) is 41.6 Å². The fourth-order valence-corrected chi connectivity index (χ4v) is 3.10. The van der Waals surface area contributed by atoms with E-state index in [0.717, 1.165) is 0 Å². The first-order valence-electron chi connectivity index (χ1n) is 9.38. The lowest BCUT2D eigenvalue weighted by molar-refractivity contribution is -0.154. The van der Waals surface area contributed by atoms with Crippen LogP contribution in [0.2, 0.25) is 0 Å². The van der Waals surface area contributed by atoms with Crippen molar-refractivity contribution in [3.63, 3.8) is 0 Å². The van der Waals surface area contributed by atoms with Crippen LogP contribution >= 0.6 is 11.6 Å². The molecule has 0 saturated heterocycles. The van der Waals surface area contributed by atoms with Gasteiger partial charge in [0.1, 0.15) is 0 Å². The molecule has 168 valence electrons. The summed E-state index contributed by atoms with van der Waals surface area (Å²) in [6.07, 6.45) is 4.77. The lowest BCUT2D eigenvalue weighted by atomic mass is 9.93. The second-order valence-electron chi connectivity index (χ2n) is 6.81. The molecule has 0 aliphatic heterocycles. The van der Waals surface area contributed by atoms with Gasteiger partial charge in [0, 0.05) is 36.0 Å². The smallest absolute Gasteiger partial charge is 0.422 e. The maximum absolute atomic E-state index is 12.6. The van der Waals surface area contributed by atoms with Gasteiger partial charge in [-0.1, -0.05) is 23.8 Å². The molecule has 0 radical (unpaired) electrons. The number of rotatable bonds is 6. The van der Waals surface area contributed by atoms with E-state index in [2.05, 4.69) is 20.6 Å². The van der Waals surface area contributed by atoms with Crippen molar-refractivity contribution in [1.29, 1.82) is 0 Å². The molecule has 1 unspecified atom stereocenters. The number of allylic oxidation sites excluding steroid dienone is 4. The third-order valence-electron chi connectivity index (χ3n) is 4.45. The molecule has 1 aliphatic rings. The van der Waals surface area contributed by atoms with Crippen molar-refractivity contribution in [3.05, 3.63) is 70.7 Å². The Labute approximate surface area is 186 Å². The molecule has 3 rings (SSSR count). The van der Waals surface area contributed by atoms with E-state index < -0.39 is 24.6 Å². The number of carbonyl (C=O) groups is 2. The summed E-state index contributed by atoms with van der Waals surface area (Å²) in [6.45, 7) is -1.50. The molecule has 0 aromatic carbocycles. The summed E-state index contributed by atoms with van der Waals surface area (Å²) in [5.41, 5.74) is 0.924. The Kier molecular flexibility index (Phi) is 7.14. The van der Waals surface area contributed by atoms with Crippen molar-refractivity contribution in [3.8, 4) is 5.88 Å². The molecule has 32 heavy (non-hydrogen) atoms. The topological polar surface area (TPSA) is 93.2 Å². The van der Waals surface area contributed by atoms with Crippen LogP contribution in [0.25, 0.3) is 0 Å². The van der Waals surface area contributed by atoms with E-state index >= 15 is 0 Å². The molecule has 1 aliphatic carbocycles. The third-order valence-corrected chi connectivity index (χ3v) is 4.73. The van der Waals surface area contributed by atoms with Crippen LogP contribution in [0, 0.1) is 0 Å². The van der Waals surface area contributed by atoms with Crippen molar-refractivity contribution in [1.82, 2.24) is 15.3 Å². The summed E-state index contributed by atoms with van der Waals surface area (Å²) >= 11 is 5.93. The number of halogens is 4. The maximum atomic E-state index is 12.6. The number of anilines is 1. The second kappa shape index (κ2) is 9.82. The van der Waals surface area contributed by atoms with Crippen LogP contribution < -0.4 is 15.4 Å². The van der Waals surface area contributed by atoms with Gasteiger partial charge in [-0.3, -0.25) is 14.6 Å². The monoisotopic (exact) mass is 466 g/mol. The SMILES string of the molecule is CNC(=O)c1cncc(C(=O)Nc2cnc(OCC(F)(F)F)c(C3C=CC(Cl)=CC3)c2)c1. The minimum Gasteiger partial charge on any atom is -0.468 e. The zero-order chi connectivity index (χ0) is 23.3. The number of nitrogens with zero attached hydrogens (tertiary/aromatic N) is 2. The highest BCUT2D eigenvalue weighted by atomic mass is 35.5. The zero-order valence-corrected chi connectivity index (χ0v) is 17.5. The number of alkyl halides is 3. The number of ether oxygens (including phenoxy) is 1. The number of hydrogen-bond donors (Lipinski definition) is 2. The quantitative estimate of drug-likeness (QED) is 0.665. The largest absolute Gasteiger partial charge is 0.468 e. The van der Waals surface area contributed by atoms with Crippen molar-refractivity contribution in [2.24, 2.45) is 0 Å². The molecule has 0 bridgehead atoms. The molecule has 0 spiro atoms. The summed E-state index contributed by atoms with van der Waals surface area (Å²) < 4.78 is 42.8. The lowest BCUT2D eigenvalue weighted by Gasteiger charge is -2.19. The van der Waals surface area contributed by atoms with Gasteiger partial charge in [0.2, 0.25) is 5.88 Å². The van der Waals surface area contributed by atoms with E-state index in [1.165, 1.54) is 37.8 Å². The van der Waals surface area contributed by atoms with Gasteiger partial charge in [-0.05, 0) is 24.6 Å². The molecule has 2 amide bonds. The first-order valence-corrected chi connectivity index (χ1v) is 9.76. The van der Waals surface area contributed by atoms with Gasteiger partial charge in [0.25, 0.3) is 11.8 Å². The Balaban J connectivity index is 1.85. The van der Waals surface area contributed by atoms with Crippen LogP contribution in [0.5, 0.6) is 5.88 Å². The highest BCUT2D eigenvalue weighted by Crippen LogP contribution is 2.35. The van der Waals surface area contributed by atoms with Crippen molar-refractivity contribution in [2.75, 3.05) is 19.0 Å². The Hall–Kier alpha value is -3.40. The predicted octanol–water partition coefficient (Wildman–Crippen LogP) is 4.20. The lowest BCUT2D eigenvalue weighted by Crippen LogP contribution is -2.21. The fourth-order valence-electron chi connectivity index (χ4n) is 2.93. The van der Waals surface area contributed by atoms with Gasteiger partial charge in [0.05, 0.1) is 23.0 Å². The summed E-state index contributed by atoms with van der Waals surface area (Å²) in [4.78, 5) is 32.2. The van der Waals surface area contributed by atoms with Crippen LogP contribution in [0.4, 0.5) is 18.9 Å². The molecule has 1 atom stereocenters. The molecule has 0 saturated carbocycles. The van der Waals surface area contributed by atoms with Crippen LogP contribution in [0.15, 0.2) is 54.0 Å². The number of pyridine rings is 2. The molecule has 7 nitrogen and oxygen atoms in total. The molecular weight excluding hydrogens is 449 g/mol. The van der Waals surface area contributed by atoms with Gasteiger partial charge < -0.3 is 15.4 Å². The number of hydrogen-bond acceptors (Lipinski definition) is 5. The van der Waals surface area contributed by atoms with E-state index in [9.17, 15) is 22.8 Å². The summed E-state index contributed by atoms with van der Waals surface area (Å²) in [7, 11) is 1.45. The molecular formula is C21H18ClF3N4O3. The van der Waals surface area contributed by atoms with Gasteiger partial charge in [0.15, 0.2) is 6.61 Å². The Bertz CT molecular complexity index is 1090. The Morgan fingerprint density at radius 2 is 1.91 bits per heavy atom. The average Bonchev–Trinajstić information content (AvgIpc) is 2.77. The van der Waals surface area contributed by atoms with E-state index in [0.29, 0.717) is 17.0 Å². The highest BCUT2D eigenvalue weighted by Gasteiger charge is 2.30. The molecule has 0 fully saturated rings. The first-order chi connectivity index (χ1) is 15.2. The average molecular weight is 467 g/mol. The minimum absolute atomic E-state index is 0.123. The summed E-state index contributed by atoms with van der Waals surface area (Å²) in [5.74, 6) is -1.51. The second-order valence-corrected chi connectivity index (χ2v) is 7.24. The maximum Gasteiger partial charge on any atom is 0.422 e. The third kappa shape index (κ3) is 6.07. The molecule has 11 heteroatoms. The summed E-state index contributed by atoms with van der Waals surface area (Å²) in [5, 5.41) is 5.57. The van der Waals surface area contributed by atoms with Gasteiger partial charge >= 0.3 is 6.18 Å². The zero-order valence-electron chi connectivity index (χ0n) is 16.7. The first kappa shape index (κ1) is 23.3. The normalized spacial score (nSPS) is 15.7. The van der Waals surface area contributed by atoms with Gasteiger partial charge in [-0.15, -0.1) is 0 Å². The van der Waals surface area contributed by atoms with Crippen LogP contribution in [0.1, 0.15) is 38.6 Å². The Morgan fingerprint density at radius 1 is 1.19 bits per heavy atom. The van der Waals surface area contributed by atoms with E-state index in [4.69, 9.17) is 16.3 Å². The summed E-state index contributed by atoms with van der Waals surface area (Å²) in [6, 6.07) is 2.86. The fraction of sp³-hybridized carbons (Fsp3) is 0.238. The molecule has 2 aromatic rings. The van der Waals surface area contributed by atoms with Crippen molar-refractivity contribution >= 4 is 29.1 Å². The van der Waals surface area contributed by atoms with Gasteiger partial charge in [-0.25, -0.2) is 4.98 Å². The number of nitrogens with one attached hydrogen (secondary N) is 2. The molecule has 2 heterocycles. The van der Waals surface area contributed by atoms with E-state index in [1.807, 2.05) is 0 Å². The van der Waals surface area contributed by atoms with Crippen LogP contribution in [-0.2, 0) is 0 Å². The van der Waals surface area contributed by atoms with Crippen molar-refractivity contribution in [2.45, 2.75) is 18.5 Å². The highest BCUT2D eigenvalue weighted by molar-refractivity contribution is 6.31. The molecule has 2 aromatic heterocycles. The van der Waals surface area contributed by atoms with E-state index in [-0.39, 0.29) is 28.6 Å². The number of amides is 2. The van der Waals surface area contributed by atoms with Crippen molar-refractivity contribution < 1.29 is 27.5 Å². The molecule has 2 N–H and O–H groups in total. The van der Waals surface area contributed by atoms with Crippen LogP contribution in [0.3, 0.4) is 0 Å². The van der Waals surface area contributed by atoms with E-state index in [1.54, 1.807) is 18.2 Å². The van der Waals surface area contributed by atoms with Gasteiger partial charge in [-0.2, -0.15) is 13.2 Å².